The van der Waals surface area contributed by atoms with Gasteiger partial charge in [-0.05, 0) is 60.9 Å². The largest absolute Gasteiger partial charge is 0.493 e. The van der Waals surface area contributed by atoms with Crippen molar-refractivity contribution in [3.8, 4) is 11.5 Å². The minimum Gasteiger partial charge on any atom is -0.493 e. The molecule has 4 aromatic carbocycles. The van der Waals surface area contributed by atoms with Crippen LogP contribution in [-0.2, 0) is 32.6 Å². The van der Waals surface area contributed by atoms with E-state index in [9.17, 15) is 22.4 Å². The van der Waals surface area contributed by atoms with Gasteiger partial charge in [-0.1, -0.05) is 67.6 Å². The quantitative estimate of drug-likeness (QED) is 0.178. The van der Waals surface area contributed by atoms with E-state index in [1.165, 1.54) is 49.5 Å². The molecule has 0 unspecified atom stereocenters. The van der Waals surface area contributed by atoms with Gasteiger partial charge in [-0.25, -0.2) is 12.8 Å². The molecule has 2 amide bonds. The van der Waals surface area contributed by atoms with E-state index < -0.39 is 34.3 Å². The molecule has 0 radical (unpaired) electrons. The Kier molecular flexibility index (Phi) is 12.0. The lowest BCUT2D eigenvalue weighted by molar-refractivity contribution is -0.140. The molecule has 0 aliphatic carbocycles. The number of halogens is 1. The van der Waals surface area contributed by atoms with Crippen LogP contribution in [0, 0.1) is 5.82 Å². The summed E-state index contributed by atoms with van der Waals surface area (Å²) in [5.74, 6) is -1.06. The third-order valence-corrected chi connectivity index (χ3v) is 9.57. The number of amides is 2. The van der Waals surface area contributed by atoms with Crippen molar-refractivity contribution in [2.75, 3.05) is 25.1 Å². The molecule has 0 aliphatic rings. The van der Waals surface area contributed by atoms with Gasteiger partial charge in [0.15, 0.2) is 11.5 Å². The highest BCUT2D eigenvalue weighted by Gasteiger charge is 2.35. The van der Waals surface area contributed by atoms with Crippen molar-refractivity contribution in [2.24, 2.45) is 0 Å². The Morgan fingerprint density at radius 3 is 2.00 bits per heavy atom. The van der Waals surface area contributed by atoms with Gasteiger partial charge in [0, 0.05) is 25.1 Å². The molecule has 4 aromatic rings. The minimum absolute atomic E-state index is 0.0404. The second-order valence-electron chi connectivity index (χ2n) is 11.0. The molecule has 0 saturated carbocycles. The molecule has 1 N–H and O–H groups in total. The normalized spacial score (nSPS) is 12.4. The lowest BCUT2D eigenvalue weighted by Crippen LogP contribution is -2.54. The van der Waals surface area contributed by atoms with Gasteiger partial charge in [-0.3, -0.25) is 13.9 Å². The second kappa shape index (κ2) is 16.1. The zero-order valence-corrected chi connectivity index (χ0v) is 27.7. The first-order chi connectivity index (χ1) is 22.6. The average molecular weight is 662 g/mol. The number of rotatable bonds is 15. The van der Waals surface area contributed by atoms with Crippen LogP contribution in [0.15, 0.2) is 108 Å². The fraction of sp³-hybridized carbons (Fsp3) is 0.278. The molecule has 0 saturated heterocycles. The molecular formula is C36H40FN3O6S. The van der Waals surface area contributed by atoms with Gasteiger partial charge < -0.3 is 19.7 Å². The van der Waals surface area contributed by atoms with Crippen LogP contribution < -0.4 is 19.1 Å². The third kappa shape index (κ3) is 8.88. The number of nitrogens with zero attached hydrogens (tertiary/aromatic N) is 2. The number of carbonyl (C=O) groups excluding carboxylic acids is 2. The van der Waals surface area contributed by atoms with Crippen LogP contribution in [0.2, 0.25) is 0 Å². The van der Waals surface area contributed by atoms with Crippen LogP contribution in [0.1, 0.15) is 31.4 Å². The summed E-state index contributed by atoms with van der Waals surface area (Å²) in [7, 11) is -1.61. The smallest absolute Gasteiger partial charge is 0.264 e. The number of hydrogen-bond donors (Lipinski definition) is 1. The third-order valence-electron chi connectivity index (χ3n) is 7.80. The number of ether oxygens (including phenoxy) is 2. The van der Waals surface area contributed by atoms with Gasteiger partial charge in [-0.15, -0.1) is 0 Å². The lowest BCUT2D eigenvalue weighted by Gasteiger charge is -2.34. The first-order valence-corrected chi connectivity index (χ1v) is 16.7. The van der Waals surface area contributed by atoms with Gasteiger partial charge in [0.2, 0.25) is 11.8 Å². The maximum atomic E-state index is 14.5. The molecule has 47 heavy (non-hydrogen) atoms. The average Bonchev–Trinajstić information content (AvgIpc) is 3.09. The van der Waals surface area contributed by atoms with Gasteiger partial charge in [0.25, 0.3) is 10.0 Å². The van der Waals surface area contributed by atoms with E-state index in [0.29, 0.717) is 12.2 Å². The molecule has 0 fully saturated rings. The van der Waals surface area contributed by atoms with E-state index in [1.54, 1.807) is 0 Å². The van der Waals surface area contributed by atoms with Crippen molar-refractivity contribution in [2.45, 2.75) is 50.2 Å². The second-order valence-corrected chi connectivity index (χ2v) is 12.9. The summed E-state index contributed by atoms with van der Waals surface area (Å²) in [5.41, 5.74) is 1.65. The molecule has 248 valence electrons. The number of anilines is 1. The van der Waals surface area contributed by atoms with Crippen molar-refractivity contribution in [3.63, 3.8) is 0 Å². The number of sulfonamides is 1. The summed E-state index contributed by atoms with van der Waals surface area (Å²) in [5, 5.41) is 3.01. The zero-order chi connectivity index (χ0) is 34.0. The van der Waals surface area contributed by atoms with Gasteiger partial charge in [0.1, 0.15) is 18.4 Å². The highest BCUT2D eigenvalue weighted by molar-refractivity contribution is 7.92. The lowest BCUT2D eigenvalue weighted by atomic mass is 10.0. The summed E-state index contributed by atoms with van der Waals surface area (Å²) < 4.78 is 54.1. The highest BCUT2D eigenvalue weighted by atomic mass is 32.2. The van der Waals surface area contributed by atoms with E-state index in [-0.39, 0.29) is 41.2 Å². The Labute approximate surface area is 276 Å². The summed E-state index contributed by atoms with van der Waals surface area (Å²) in [6, 6.07) is 26.3. The Hall–Kier alpha value is -4.90. The van der Waals surface area contributed by atoms with Crippen LogP contribution in [0.25, 0.3) is 0 Å². The molecule has 11 heteroatoms. The topological polar surface area (TPSA) is 105 Å². The molecule has 0 spiro atoms. The fourth-order valence-electron chi connectivity index (χ4n) is 5.02. The minimum atomic E-state index is -4.43. The first-order valence-electron chi connectivity index (χ1n) is 15.2. The Balaban J connectivity index is 1.81. The standard InChI is InChI=1S/C36H40FN3O6S/c1-5-26(2)38-36(42)32(22-27-12-8-6-9-13-27)39(24-28-14-10-7-11-15-28)35(41)25-40(30-18-16-29(37)17-19-30)47(43,44)31-20-21-33(45-3)34(23-31)46-4/h6-21,23,26,32H,5,22,24-25H2,1-4H3,(H,38,42)/t26-,32-/m0/s1. The van der Waals surface area contributed by atoms with E-state index in [2.05, 4.69) is 5.32 Å². The number of benzene rings is 4. The molecule has 0 bridgehead atoms. The van der Waals surface area contributed by atoms with Gasteiger partial charge >= 0.3 is 0 Å². The van der Waals surface area contributed by atoms with Crippen LogP contribution >= 0.6 is 0 Å². The Morgan fingerprint density at radius 2 is 1.43 bits per heavy atom. The van der Waals surface area contributed by atoms with Crippen molar-refractivity contribution < 1.29 is 31.9 Å². The van der Waals surface area contributed by atoms with Crippen molar-refractivity contribution >= 4 is 27.5 Å². The van der Waals surface area contributed by atoms with Crippen molar-refractivity contribution in [1.29, 1.82) is 0 Å². The molecule has 4 rings (SSSR count). The van der Waals surface area contributed by atoms with Gasteiger partial charge in [-0.2, -0.15) is 0 Å². The highest BCUT2D eigenvalue weighted by Crippen LogP contribution is 2.32. The van der Waals surface area contributed by atoms with Gasteiger partial charge in [0.05, 0.1) is 24.8 Å². The SMILES string of the molecule is CC[C@H](C)NC(=O)[C@H](Cc1ccccc1)N(Cc1ccccc1)C(=O)CN(c1ccc(F)cc1)S(=O)(=O)c1ccc(OC)c(OC)c1. The summed E-state index contributed by atoms with van der Waals surface area (Å²) in [6.45, 7) is 3.20. The van der Waals surface area contributed by atoms with E-state index in [4.69, 9.17) is 9.47 Å². The first kappa shape index (κ1) is 35.0. The fourth-order valence-corrected chi connectivity index (χ4v) is 6.45. The molecule has 9 nitrogen and oxygen atoms in total. The number of carbonyl (C=O) groups is 2. The van der Waals surface area contributed by atoms with E-state index in [1.807, 2.05) is 74.5 Å². The molecule has 0 aromatic heterocycles. The molecule has 0 aliphatic heterocycles. The molecule has 0 heterocycles. The molecule has 2 atom stereocenters. The Bertz CT molecular complexity index is 1740. The van der Waals surface area contributed by atoms with E-state index >= 15 is 0 Å². The predicted molar refractivity (Wildman–Crippen MR) is 179 cm³/mol. The van der Waals surface area contributed by atoms with Crippen LogP contribution in [0.5, 0.6) is 11.5 Å². The number of methoxy groups -OCH3 is 2. The Morgan fingerprint density at radius 1 is 0.830 bits per heavy atom. The monoisotopic (exact) mass is 661 g/mol. The van der Waals surface area contributed by atoms with Crippen LogP contribution in [-0.4, -0.2) is 58.0 Å². The maximum absolute atomic E-state index is 14.5. The summed E-state index contributed by atoms with van der Waals surface area (Å²) >= 11 is 0. The van der Waals surface area contributed by atoms with Crippen LogP contribution in [0.3, 0.4) is 0 Å². The predicted octanol–water partition coefficient (Wildman–Crippen LogP) is 5.59. The summed E-state index contributed by atoms with van der Waals surface area (Å²) in [6.07, 6.45) is 0.874. The maximum Gasteiger partial charge on any atom is 0.264 e. The number of hydrogen-bond acceptors (Lipinski definition) is 6. The zero-order valence-electron chi connectivity index (χ0n) is 26.9. The van der Waals surface area contributed by atoms with E-state index in [0.717, 1.165) is 27.6 Å². The van der Waals surface area contributed by atoms with Crippen molar-refractivity contribution in [3.05, 3.63) is 120 Å². The number of nitrogens with one attached hydrogen (secondary N) is 1. The summed E-state index contributed by atoms with van der Waals surface area (Å²) in [4.78, 5) is 29.7. The van der Waals surface area contributed by atoms with Crippen LogP contribution in [0.4, 0.5) is 10.1 Å². The van der Waals surface area contributed by atoms with Crippen molar-refractivity contribution in [1.82, 2.24) is 10.2 Å². The molecular weight excluding hydrogens is 621 g/mol.